The summed E-state index contributed by atoms with van der Waals surface area (Å²) in [5.41, 5.74) is 3.07. The van der Waals surface area contributed by atoms with Gasteiger partial charge >= 0.3 is 0 Å². The molecular weight excluding hydrogens is 359 g/mol. The van der Waals surface area contributed by atoms with Gasteiger partial charge < -0.3 is 19.3 Å². The summed E-state index contributed by atoms with van der Waals surface area (Å²) >= 11 is 0. The third-order valence-corrected chi connectivity index (χ3v) is 5.41. The van der Waals surface area contributed by atoms with Crippen LogP contribution in [0.3, 0.4) is 0 Å². The molecule has 2 aromatic rings. The summed E-state index contributed by atoms with van der Waals surface area (Å²) in [4.78, 5) is 15.7. The van der Waals surface area contributed by atoms with E-state index in [0.29, 0.717) is 25.4 Å². The molecule has 1 aliphatic rings. The number of ether oxygens (including phenoxy) is 2. The molecule has 1 N–H and O–H groups in total. The zero-order valence-electron chi connectivity index (χ0n) is 16.8. The van der Waals surface area contributed by atoms with E-state index in [1.54, 1.807) is 13.2 Å². The molecule has 2 aromatic carbocycles. The van der Waals surface area contributed by atoms with Crippen LogP contribution in [0.1, 0.15) is 16.7 Å². The number of piperazine rings is 1. The number of amides is 1. The fourth-order valence-electron chi connectivity index (χ4n) is 3.52. The molecule has 28 heavy (non-hydrogen) atoms. The first-order chi connectivity index (χ1) is 13.5. The first kappa shape index (κ1) is 20.1. The smallest absolute Gasteiger partial charge is 0.260 e. The summed E-state index contributed by atoms with van der Waals surface area (Å²) in [7, 11) is 1.60. The summed E-state index contributed by atoms with van der Waals surface area (Å²) in [6, 6.07) is 10.5. The highest BCUT2D eigenvalue weighted by Crippen LogP contribution is 2.20. The number of halogens is 1. The molecule has 0 aliphatic carbocycles. The van der Waals surface area contributed by atoms with Crippen molar-refractivity contribution in [3.8, 4) is 11.5 Å². The number of nitrogens with zero attached hydrogens (tertiary/aromatic N) is 1. The number of hydrogen-bond acceptors (Lipinski definition) is 3. The van der Waals surface area contributed by atoms with Gasteiger partial charge in [0.05, 0.1) is 38.9 Å². The summed E-state index contributed by atoms with van der Waals surface area (Å²) in [6.45, 7) is 7.73. The number of benzene rings is 2. The molecule has 1 saturated heterocycles. The molecular formula is C22H28FN2O3+. The van der Waals surface area contributed by atoms with Crippen LogP contribution in [0.4, 0.5) is 4.39 Å². The van der Waals surface area contributed by atoms with E-state index in [1.807, 2.05) is 36.9 Å². The normalized spacial score (nSPS) is 14.8. The quantitative estimate of drug-likeness (QED) is 0.822. The fraction of sp³-hybridized carbons (Fsp3) is 0.409. The highest BCUT2D eigenvalue weighted by atomic mass is 19.1. The van der Waals surface area contributed by atoms with E-state index in [1.165, 1.54) is 17.0 Å². The lowest BCUT2D eigenvalue weighted by molar-refractivity contribution is -0.917. The van der Waals surface area contributed by atoms with E-state index in [-0.39, 0.29) is 18.3 Å². The van der Waals surface area contributed by atoms with Crippen molar-refractivity contribution in [3.05, 3.63) is 58.9 Å². The molecule has 0 atom stereocenters. The number of carbonyl (C=O) groups is 1. The molecule has 0 bridgehead atoms. The van der Waals surface area contributed by atoms with Crippen molar-refractivity contribution < 1.29 is 23.6 Å². The fourth-order valence-corrected chi connectivity index (χ4v) is 3.52. The van der Waals surface area contributed by atoms with Crippen molar-refractivity contribution in [2.75, 3.05) is 39.9 Å². The first-order valence-electron chi connectivity index (χ1n) is 9.60. The number of nitrogens with one attached hydrogen (secondary N) is 1. The van der Waals surface area contributed by atoms with Crippen LogP contribution in [0, 0.1) is 19.7 Å². The van der Waals surface area contributed by atoms with Gasteiger partial charge in [0.1, 0.15) is 23.9 Å². The number of methoxy groups -OCH3 is 1. The van der Waals surface area contributed by atoms with Crippen LogP contribution < -0.4 is 14.4 Å². The zero-order valence-corrected chi connectivity index (χ0v) is 16.8. The van der Waals surface area contributed by atoms with Crippen molar-refractivity contribution in [2.45, 2.75) is 20.4 Å². The molecule has 1 fully saturated rings. The summed E-state index contributed by atoms with van der Waals surface area (Å²) in [5.74, 6) is 1.21. The Kier molecular flexibility index (Phi) is 6.52. The van der Waals surface area contributed by atoms with Crippen LogP contribution in [0.2, 0.25) is 0 Å². The summed E-state index contributed by atoms with van der Waals surface area (Å²) in [5, 5.41) is 0. The zero-order chi connectivity index (χ0) is 20.1. The third kappa shape index (κ3) is 4.81. The van der Waals surface area contributed by atoms with Crippen LogP contribution in [0.5, 0.6) is 11.5 Å². The SMILES string of the molecule is COc1ccc(F)cc1C[NH+]1CCN(C(=O)COc2cccc(C)c2C)CC1. The van der Waals surface area contributed by atoms with Gasteiger partial charge in [-0.3, -0.25) is 4.79 Å². The van der Waals surface area contributed by atoms with Gasteiger partial charge in [-0.25, -0.2) is 4.39 Å². The van der Waals surface area contributed by atoms with Crippen molar-refractivity contribution in [3.63, 3.8) is 0 Å². The maximum atomic E-state index is 13.6. The molecule has 6 heteroatoms. The lowest BCUT2D eigenvalue weighted by Gasteiger charge is -2.32. The minimum Gasteiger partial charge on any atom is -0.496 e. The average molecular weight is 387 g/mol. The van der Waals surface area contributed by atoms with Gasteiger partial charge in [-0.15, -0.1) is 0 Å². The first-order valence-corrected chi connectivity index (χ1v) is 9.60. The van der Waals surface area contributed by atoms with Crippen molar-refractivity contribution in [2.24, 2.45) is 0 Å². The molecule has 3 rings (SSSR count). The van der Waals surface area contributed by atoms with E-state index >= 15 is 0 Å². The van der Waals surface area contributed by atoms with Crippen LogP contribution in [0.25, 0.3) is 0 Å². The Morgan fingerprint density at radius 1 is 1.14 bits per heavy atom. The van der Waals surface area contributed by atoms with Crippen LogP contribution in [-0.4, -0.2) is 50.7 Å². The number of hydrogen-bond donors (Lipinski definition) is 1. The monoisotopic (exact) mass is 387 g/mol. The average Bonchev–Trinajstić information content (AvgIpc) is 2.69. The van der Waals surface area contributed by atoms with Crippen molar-refractivity contribution in [1.82, 2.24) is 4.90 Å². The maximum Gasteiger partial charge on any atom is 0.260 e. The van der Waals surface area contributed by atoms with Crippen LogP contribution in [-0.2, 0) is 11.3 Å². The Bertz CT molecular complexity index is 833. The topological polar surface area (TPSA) is 43.2 Å². The van der Waals surface area contributed by atoms with Gasteiger partial charge in [-0.05, 0) is 49.2 Å². The van der Waals surface area contributed by atoms with E-state index < -0.39 is 0 Å². The van der Waals surface area contributed by atoms with Crippen molar-refractivity contribution in [1.29, 1.82) is 0 Å². The summed E-state index contributed by atoms with van der Waals surface area (Å²) in [6.07, 6.45) is 0. The molecule has 1 heterocycles. The minimum absolute atomic E-state index is 0.00305. The van der Waals surface area contributed by atoms with Crippen molar-refractivity contribution >= 4 is 5.91 Å². The van der Waals surface area contributed by atoms with Gasteiger partial charge in [0.2, 0.25) is 0 Å². The van der Waals surface area contributed by atoms with E-state index in [4.69, 9.17) is 9.47 Å². The second kappa shape index (κ2) is 9.06. The molecule has 0 radical (unpaired) electrons. The Morgan fingerprint density at radius 2 is 1.89 bits per heavy atom. The van der Waals surface area contributed by atoms with E-state index in [2.05, 4.69) is 0 Å². The number of rotatable bonds is 6. The van der Waals surface area contributed by atoms with Gasteiger partial charge in [0, 0.05) is 0 Å². The highest BCUT2D eigenvalue weighted by Gasteiger charge is 2.25. The molecule has 0 saturated carbocycles. The molecule has 1 amide bonds. The Hall–Kier alpha value is -2.60. The molecule has 0 aromatic heterocycles. The van der Waals surface area contributed by atoms with Gasteiger partial charge in [0.15, 0.2) is 6.61 Å². The van der Waals surface area contributed by atoms with E-state index in [9.17, 15) is 9.18 Å². The summed E-state index contributed by atoms with van der Waals surface area (Å²) < 4.78 is 24.6. The molecule has 5 nitrogen and oxygen atoms in total. The Morgan fingerprint density at radius 3 is 2.61 bits per heavy atom. The van der Waals surface area contributed by atoms with Gasteiger partial charge in [-0.2, -0.15) is 0 Å². The van der Waals surface area contributed by atoms with Crippen LogP contribution >= 0.6 is 0 Å². The molecule has 0 unspecified atom stereocenters. The number of aryl methyl sites for hydroxylation is 1. The third-order valence-electron chi connectivity index (χ3n) is 5.41. The molecule has 150 valence electrons. The maximum absolute atomic E-state index is 13.6. The highest BCUT2D eigenvalue weighted by molar-refractivity contribution is 5.77. The van der Waals surface area contributed by atoms with E-state index in [0.717, 1.165) is 35.5 Å². The largest absolute Gasteiger partial charge is 0.496 e. The molecule has 1 aliphatic heterocycles. The second-order valence-electron chi connectivity index (χ2n) is 7.25. The lowest BCUT2D eigenvalue weighted by atomic mass is 10.1. The standard InChI is InChI=1S/C22H27FN2O3/c1-16-5-4-6-20(17(16)2)28-15-22(26)25-11-9-24(10-12-25)14-18-13-19(23)7-8-21(18)27-3/h4-8,13H,9-12,14-15H2,1-3H3/p+1. The Balaban J connectivity index is 1.50. The number of quaternary nitrogens is 1. The Labute approximate surface area is 165 Å². The predicted molar refractivity (Wildman–Crippen MR) is 105 cm³/mol. The van der Waals surface area contributed by atoms with Crippen LogP contribution in [0.15, 0.2) is 36.4 Å². The minimum atomic E-state index is -0.257. The predicted octanol–water partition coefficient (Wildman–Crippen LogP) is 1.76. The van der Waals surface area contributed by atoms with Gasteiger partial charge in [-0.1, -0.05) is 12.1 Å². The molecule has 0 spiro atoms. The lowest BCUT2D eigenvalue weighted by Crippen LogP contribution is -3.13. The van der Waals surface area contributed by atoms with Gasteiger partial charge in [0.25, 0.3) is 5.91 Å². The second-order valence-corrected chi connectivity index (χ2v) is 7.25. The number of carbonyl (C=O) groups excluding carboxylic acids is 1.